The van der Waals surface area contributed by atoms with Crippen LogP contribution < -0.4 is 5.32 Å². The number of nitrogens with zero attached hydrogens (tertiary/aromatic N) is 3. The Morgan fingerprint density at radius 1 is 1.50 bits per heavy atom. The number of thiazole rings is 1. The van der Waals surface area contributed by atoms with Gasteiger partial charge < -0.3 is 10.2 Å². The third kappa shape index (κ3) is 3.32. The minimum atomic E-state index is 0.439. The number of aromatic nitrogens is 1. The first-order valence-corrected chi connectivity index (χ1v) is 8.17. The van der Waals surface area contributed by atoms with Crippen LogP contribution in [0.4, 0.5) is 0 Å². The van der Waals surface area contributed by atoms with Crippen molar-refractivity contribution in [2.75, 3.05) is 20.1 Å². The molecular formula is C15H26N4S. The molecule has 112 valence electrons. The predicted molar refractivity (Wildman–Crippen MR) is 86.4 cm³/mol. The highest BCUT2D eigenvalue weighted by Crippen LogP contribution is 2.32. The summed E-state index contributed by atoms with van der Waals surface area (Å²) in [6.07, 6.45) is 2.48. The fourth-order valence-electron chi connectivity index (χ4n) is 2.72. The molecular weight excluding hydrogens is 268 g/mol. The number of hydrogen-bond donors (Lipinski definition) is 1. The van der Waals surface area contributed by atoms with Gasteiger partial charge in [-0.3, -0.25) is 4.99 Å². The zero-order valence-electron chi connectivity index (χ0n) is 13.3. The van der Waals surface area contributed by atoms with E-state index in [4.69, 9.17) is 0 Å². The van der Waals surface area contributed by atoms with Crippen LogP contribution in [0.2, 0.25) is 0 Å². The molecule has 1 N–H and O–H groups in total. The van der Waals surface area contributed by atoms with Crippen molar-refractivity contribution in [2.45, 2.75) is 47.1 Å². The van der Waals surface area contributed by atoms with Crippen LogP contribution >= 0.6 is 11.3 Å². The summed E-state index contributed by atoms with van der Waals surface area (Å²) in [7, 11) is 1.87. The minimum absolute atomic E-state index is 0.439. The standard InChI is InChI=1S/C15H26N4S/c1-6-15(4)7-8-19(10-15)14(16-5)17-9-13-11(2)18-12(3)20-13/h6-10H2,1-5H3,(H,16,17). The molecule has 1 aliphatic rings. The molecule has 0 radical (unpaired) electrons. The summed E-state index contributed by atoms with van der Waals surface area (Å²) in [4.78, 5) is 12.6. The molecule has 2 rings (SSSR count). The van der Waals surface area contributed by atoms with Crippen molar-refractivity contribution in [1.29, 1.82) is 0 Å². The number of aliphatic imine (C=N–C) groups is 1. The third-order valence-electron chi connectivity index (χ3n) is 4.33. The summed E-state index contributed by atoms with van der Waals surface area (Å²) < 4.78 is 0. The highest BCUT2D eigenvalue weighted by Gasteiger charge is 2.33. The smallest absolute Gasteiger partial charge is 0.193 e. The summed E-state index contributed by atoms with van der Waals surface area (Å²) in [6, 6.07) is 0. The second-order valence-electron chi connectivity index (χ2n) is 5.98. The monoisotopic (exact) mass is 294 g/mol. The van der Waals surface area contributed by atoms with Crippen LogP contribution in [0.15, 0.2) is 4.99 Å². The van der Waals surface area contributed by atoms with Gasteiger partial charge in [0, 0.05) is 25.0 Å². The van der Waals surface area contributed by atoms with Crippen LogP contribution in [0.1, 0.15) is 42.3 Å². The van der Waals surface area contributed by atoms with Crippen molar-refractivity contribution in [3.63, 3.8) is 0 Å². The lowest BCUT2D eigenvalue weighted by atomic mass is 9.87. The molecule has 0 aromatic carbocycles. The Hall–Kier alpha value is -1.10. The van der Waals surface area contributed by atoms with Crippen molar-refractivity contribution in [3.8, 4) is 0 Å². The van der Waals surface area contributed by atoms with E-state index in [0.29, 0.717) is 5.41 Å². The van der Waals surface area contributed by atoms with Gasteiger partial charge >= 0.3 is 0 Å². The van der Waals surface area contributed by atoms with E-state index in [-0.39, 0.29) is 0 Å². The maximum absolute atomic E-state index is 4.47. The van der Waals surface area contributed by atoms with Crippen LogP contribution in [0.5, 0.6) is 0 Å². The number of guanidine groups is 1. The first kappa shape index (κ1) is 15.3. The maximum Gasteiger partial charge on any atom is 0.193 e. The molecule has 1 aromatic rings. The molecule has 1 aromatic heterocycles. The average Bonchev–Trinajstić information content (AvgIpc) is 2.95. The fraction of sp³-hybridized carbons (Fsp3) is 0.733. The molecule has 0 spiro atoms. The second kappa shape index (κ2) is 6.12. The van der Waals surface area contributed by atoms with E-state index in [9.17, 15) is 0 Å². The Balaban J connectivity index is 1.96. The van der Waals surface area contributed by atoms with E-state index >= 15 is 0 Å². The van der Waals surface area contributed by atoms with Gasteiger partial charge in [-0.15, -0.1) is 11.3 Å². The SMILES string of the molecule is CCC1(C)CCN(C(=NC)NCc2sc(C)nc2C)C1. The quantitative estimate of drug-likeness (QED) is 0.688. The number of likely N-dealkylation sites (tertiary alicyclic amines) is 1. The first-order valence-electron chi connectivity index (χ1n) is 7.36. The van der Waals surface area contributed by atoms with Gasteiger partial charge in [-0.2, -0.15) is 0 Å². The van der Waals surface area contributed by atoms with Gasteiger partial charge in [-0.25, -0.2) is 4.98 Å². The summed E-state index contributed by atoms with van der Waals surface area (Å²) >= 11 is 1.77. The van der Waals surface area contributed by atoms with E-state index in [0.717, 1.165) is 36.3 Å². The van der Waals surface area contributed by atoms with Crippen molar-refractivity contribution in [1.82, 2.24) is 15.2 Å². The van der Waals surface area contributed by atoms with Crippen molar-refractivity contribution in [2.24, 2.45) is 10.4 Å². The van der Waals surface area contributed by atoms with Gasteiger partial charge in [0.05, 0.1) is 17.2 Å². The molecule has 1 saturated heterocycles. The Morgan fingerprint density at radius 2 is 2.25 bits per heavy atom. The third-order valence-corrected chi connectivity index (χ3v) is 5.40. The normalized spacial score (nSPS) is 23.4. The Morgan fingerprint density at radius 3 is 2.75 bits per heavy atom. The highest BCUT2D eigenvalue weighted by atomic mass is 32.1. The van der Waals surface area contributed by atoms with Crippen LogP contribution in [0, 0.1) is 19.3 Å². The van der Waals surface area contributed by atoms with Gasteiger partial charge in [0.1, 0.15) is 0 Å². The summed E-state index contributed by atoms with van der Waals surface area (Å²) in [5.74, 6) is 1.02. The molecule has 0 amide bonds. The molecule has 1 atom stereocenters. The van der Waals surface area contributed by atoms with E-state index in [1.807, 2.05) is 7.05 Å². The molecule has 5 heteroatoms. The molecule has 4 nitrogen and oxygen atoms in total. The van der Waals surface area contributed by atoms with Crippen LogP contribution in [-0.2, 0) is 6.54 Å². The lowest BCUT2D eigenvalue weighted by Crippen LogP contribution is -2.40. The molecule has 1 fully saturated rings. The maximum atomic E-state index is 4.47. The second-order valence-corrected chi connectivity index (χ2v) is 7.27. The van der Waals surface area contributed by atoms with Crippen LogP contribution in [0.25, 0.3) is 0 Å². The van der Waals surface area contributed by atoms with E-state index < -0.39 is 0 Å². The summed E-state index contributed by atoms with van der Waals surface area (Å²) in [5.41, 5.74) is 1.57. The minimum Gasteiger partial charge on any atom is -0.351 e. The summed E-state index contributed by atoms with van der Waals surface area (Å²) in [6.45, 7) is 11.8. The molecule has 1 unspecified atom stereocenters. The molecule has 2 heterocycles. The number of rotatable bonds is 3. The zero-order valence-corrected chi connectivity index (χ0v) is 14.1. The zero-order chi connectivity index (χ0) is 14.8. The van der Waals surface area contributed by atoms with Gasteiger partial charge in [-0.1, -0.05) is 13.8 Å². The van der Waals surface area contributed by atoms with E-state index in [2.05, 4.69) is 47.9 Å². The van der Waals surface area contributed by atoms with Crippen LogP contribution in [0.3, 0.4) is 0 Å². The Labute approximate surface area is 126 Å². The first-order chi connectivity index (χ1) is 9.47. The van der Waals surface area contributed by atoms with Crippen LogP contribution in [-0.4, -0.2) is 36.0 Å². The average molecular weight is 294 g/mol. The Bertz CT molecular complexity index is 494. The number of aryl methyl sites for hydroxylation is 2. The van der Waals surface area contributed by atoms with Gasteiger partial charge in [-0.05, 0) is 32.1 Å². The van der Waals surface area contributed by atoms with Gasteiger partial charge in [0.15, 0.2) is 5.96 Å². The molecule has 1 aliphatic heterocycles. The predicted octanol–water partition coefficient (Wildman–Crippen LogP) is 2.96. The topological polar surface area (TPSA) is 40.5 Å². The van der Waals surface area contributed by atoms with E-state index in [1.165, 1.54) is 17.7 Å². The molecule has 0 bridgehead atoms. The van der Waals surface area contributed by atoms with Crippen molar-refractivity contribution < 1.29 is 0 Å². The molecule has 0 saturated carbocycles. The highest BCUT2D eigenvalue weighted by molar-refractivity contribution is 7.11. The van der Waals surface area contributed by atoms with Gasteiger partial charge in [0.2, 0.25) is 0 Å². The van der Waals surface area contributed by atoms with Crippen molar-refractivity contribution in [3.05, 3.63) is 15.6 Å². The van der Waals surface area contributed by atoms with Gasteiger partial charge in [0.25, 0.3) is 0 Å². The molecule has 0 aliphatic carbocycles. The molecule has 20 heavy (non-hydrogen) atoms. The lowest BCUT2D eigenvalue weighted by Gasteiger charge is -2.25. The van der Waals surface area contributed by atoms with Crippen molar-refractivity contribution >= 4 is 17.3 Å². The fourth-order valence-corrected chi connectivity index (χ4v) is 3.60. The number of hydrogen-bond acceptors (Lipinski definition) is 3. The number of nitrogens with one attached hydrogen (secondary N) is 1. The lowest BCUT2D eigenvalue weighted by molar-refractivity contribution is 0.322. The summed E-state index contributed by atoms with van der Waals surface area (Å²) in [5, 5.41) is 4.62. The van der Waals surface area contributed by atoms with E-state index in [1.54, 1.807) is 11.3 Å². The Kier molecular flexibility index (Phi) is 4.68. The largest absolute Gasteiger partial charge is 0.351 e.